The molecule has 70 valence electrons. The van der Waals surface area contributed by atoms with E-state index in [9.17, 15) is 4.79 Å². The number of rotatable bonds is 2. The molecule has 0 saturated carbocycles. The fourth-order valence-corrected chi connectivity index (χ4v) is 0.998. The van der Waals surface area contributed by atoms with Crippen LogP contribution in [-0.2, 0) is 9.53 Å². The molecule has 0 radical (unpaired) electrons. The van der Waals surface area contributed by atoms with Crippen LogP contribution in [0.25, 0.3) is 0 Å². The summed E-state index contributed by atoms with van der Waals surface area (Å²) in [5.74, 6) is 0.888. The van der Waals surface area contributed by atoms with Crippen LogP contribution in [0.4, 0.5) is 5.95 Å². The van der Waals surface area contributed by atoms with E-state index in [1.165, 1.54) is 0 Å². The normalized spacial score (nSPS) is 16.7. The van der Waals surface area contributed by atoms with Crippen LogP contribution in [0.5, 0.6) is 0 Å². The van der Waals surface area contributed by atoms with Crippen molar-refractivity contribution >= 4 is 11.9 Å². The number of anilines is 1. The van der Waals surface area contributed by atoms with Crippen molar-refractivity contribution in [1.82, 2.24) is 15.2 Å². The van der Waals surface area contributed by atoms with Crippen molar-refractivity contribution in [3.63, 3.8) is 0 Å². The first-order valence-corrected chi connectivity index (χ1v) is 4.03. The van der Waals surface area contributed by atoms with Gasteiger partial charge in [0.2, 0.25) is 11.9 Å². The van der Waals surface area contributed by atoms with E-state index in [2.05, 4.69) is 20.5 Å². The van der Waals surface area contributed by atoms with E-state index in [4.69, 9.17) is 4.74 Å². The van der Waals surface area contributed by atoms with Crippen molar-refractivity contribution in [2.24, 2.45) is 5.92 Å². The second-order valence-electron chi connectivity index (χ2n) is 2.97. The van der Waals surface area contributed by atoms with Gasteiger partial charge >= 0.3 is 0 Å². The molecule has 1 aromatic rings. The minimum atomic E-state index is -0.0785. The third kappa shape index (κ3) is 1.67. The second kappa shape index (κ2) is 3.14. The monoisotopic (exact) mass is 182 g/mol. The van der Waals surface area contributed by atoms with Gasteiger partial charge in [-0.15, -0.1) is 5.10 Å². The molecule has 2 N–H and O–H groups in total. The third-order valence-corrected chi connectivity index (χ3v) is 1.84. The number of carbonyl (C=O) groups excluding carboxylic acids is 1. The summed E-state index contributed by atoms with van der Waals surface area (Å²) in [6, 6.07) is 0. The first-order chi connectivity index (χ1) is 6.25. The number of aromatic amines is 1. The SMILES string of the molecule is Cc1nc(NC(=O)C2COC2)n[nH]1. The molecule has 2 heterocycles. The number of nitrogens with zero attached hydrogens (tertiary/aromatic N) is 2. The van der Waals surface area contributed by atoms with Crippen molar-refractivity contribution in [2.45, 2.75) is 6.92 Å². The average Bonchev–Trinajstić information content (AvgIpc) is 2.31. The highest BCUT2D eigenvalue weighted by atomic mass is 16.5. The molecule has 0 bridgehead atoms. The molecule has 1 amide bonds. The number of aromatic nitrogens is 3. The second-order valence-corrected chi connectivity index (χ2v) is 2.97. The summed E-state index contributed by atoms with van der Waals surface area (Å²) < 4.78 is 4.89. The van der Waals surface area contributed by atoms with Crippen LogP contribution >= 0.6 is 0 Å². The van der Waals surface area contributed by atoms with Crippen LogP contribution < -0.4 is 5.32 Å². The van der Waals surface area contributed by atoms with Gasteiger partial charge in [0.25, 0.3) is 0 Å². The Balaban J connectivity index is 1.93. The van der Waals surface area contributed by atoms with E-state index in [-0.39, 0.29) is 11.8 Å². The molecule has 13 heavy (non-hydrogen) atoms. The minimum Gasteiger partial charge on any atom is -0.380 e. The average molecular weight is 182 g/mol. The Hall–Kier alpha value is -1.43. The molecule has 6 heteroatoms. The highest BCUT2D eigenvalue weighted by molar-refractivity contribution is 5.91. The van der Waals surface area contributed by atoms with Crippen LogP contribution in [0.3, 0.4) is 0 Å². The van der Waals surface area contributed by atoms with Crippen molar-refractivity contribution in [3.05, 3.63) is 5.82 Å². The summed E-state index contributed by atoms with van der Waals surface area (Å²) in [7, 11) is 0. The van der Waals surface area contributed by atoms with Crippen LogP contribution in [0.2, 0.25) is 0 Å². The molecule has 1 fully saturated rings. The fraction of sp³-hybridized carbons (Fsp3) is 0.571. The van der Waals surface area contributed by atoms with Crippen LogP contribution in [0, 0.1) is 12.8 Å². The van der Waals surface area contributed by atoms with E-state index in [0.29, 0.717) is 25.0 Å². The van der Waals surface area contributed by atoms with Crippen molar-refractivity contribution in [3.8, 4) is 0 Å². The van der Waals surface area contributed by atoms with Gasteiger partial charge in [-0.3, -0.25) is 15.2 Å². The molecule has 0 aromatic carbocycles. The van der Waals surface area contributed by atoms with Gasteiger partial charge in [0, 0.05) is 0 Å². The molecule has 1 aromatic heterocycles. The van der Waals surface area contributed by atoms with E-state index < -0.39 is 0 Å². The number of H-pyrrole nitrogens is 1. The zero-order valence-corrected chi connectivity index (χ0v) is 7.20. The van der Waals surface area contributed by atoms with E-state index >= 15 is 0 Å². The van der Waals surface area contributed by atoms with Gasteiger partial charge in [0.05, 0.1) is 19.1 Å². The van der Waals surface area contributed by atoms with E-state index in [1.807, 2.05) is 0 Å². The Morgan fingerprint density at radius 1 is 1.69 bits per heavy atom. The Kier molecular flexibility index (Phi) is 1.97. The number of ether oxygens (including phenoxy) is 1. The van der Waals surface area contributed by atoms with Gasteiger partial charge < -0.3 is 4.74 Å². The molecule has 1 aliphatic rings. The Bertz CT molecular complexity index is 318. The third-order valence-electron chi connectivity index (χ3n) is 1.84. The number of amides is 1. The molecule has 0 aliphatic carbocycles. The zero-order chi connectivity index (χ0) is 9.26. The topological polar surface area (TPSA) is 79.9 Å². The Labute approximate surface area is 74.7 Å². The lowest BCUT2D eigenvalue weighted by Gasteiger charge is -2.23. The van der Waals surface area contributed by atoms with Crippen LogP contribution in [0.1, 0.15) is 5.82 Å². The lowest BCUT2D eigenvalue weighted by molar-refractivity contribution is -0.133. The molecule has 1 aliphatic heterocycles. The standard InChI is InChI=1S/C7H10N4O2/c1-4-8-7(11-10-4)9-6(12)5-2-13-3-5/h5H,2-3H2,1H3,(H2,8,9,10,11,12). The van der Waals surface area contributed by atoms with Gasteiger partial charge in [0.1, 0.15) is 5.82 Å². The van der Waals surface area contributed by atoms with Gasteiger partial charge in [-0.2, -0.15) is 4.98 Å². The summed E-state index contributed by atoms with van der Waals surface area (Å²) in [6.45, 7) is 2.76. The molecule has 2 rings (SSSR count). The molecule has 0 unspecified atom stereocenters. The predicted molar refractivity (Wildman–Crippen MR) is 44.1 cm³/mol. The molecular weight excluding hydrogens is 172 g/mol. The lowest BCUT2D eigenvalue weighted by Crippen LogP contribution is -2.38. The van der Waals surface area contributed by atoms with Crippen LogP contribution in [0.15, 0.2) is 0 Å². The Morgan fingerprint density at radius 3 is 2.92 bits per heavy atom. The number of hydrogen-bond donors (Lipinski definition) is 2. The van der Waals surface area contributed by atoms with Crippen molar-refractivity contribution in [2.75, 3.05) is 18.5 Å². The van der Waals surface area contributed by atoms with Gasteiger partial charge in [-0.05, 0) is 6.92 Å². The summed E-state index contributed by atoms with van der Waals surface area (Å²) >= 11 is 0. The highest BCUT2D eigenvalue weighted by Gasteiger charge is 2.27. The molecular formula is C7H10N4O2. The zero-order valence-electron chi connectivity index (χ0n) is 7.20. The van der Waals surface area contributed by atoms with E-state index in [1.54, 1.807) is 6.92 Å². The summed E-state index contributed by atoms with van der Waals surface area (Å²) in [5, 5.41) is 9.02. The molecule has 0 spiro atoms. The van der Waals surface area contributed by atoms with Gasteiger partial charge in [-0.1, -0.05) is 0 Å². The maximum Gasteiger partial charge on any atom is 0.248 e. The van der Waals surface area contributed by atoms with Crippen LogP contribution in [-0.4, -0.2) is 34.3 Å². The van der Waals surface area contributed by atoms with Crippen molar-refractivity contribution in [1.29, 1.82) is 0 Å². The lowest BCUT2D eigenvalue weighted by atomic mass is 10.1. The van der Waals surface area contributed by atoms with Gasteiger partial charge in [0.15, 0.2) is 0 Å². The Morgan fingerprint density at radius 2 is 2.46 bits per heavy atom. The number of aryl methyl sites for hydroxylation is 1. The first-order valence-electron chi connectivity index (χ1n) is 4.03. The maximum absolute atomic E-state index is 11.3. The summed E-state index contributed by atoms with van der Waals surface area (Å²) in [5.41, 5.74) is 0. The largest absolute Gasteiger partial charge is 0.380 e. The van der Waals surface area contributed by atoms with Gasteiger partial charge in [-0.25, -0.2) is 0 Å². The fourth-order valence-electron chi connectivity index (χ4n) is 0.998. The quantitative estimate of drug-likeness (QED) is 0.658. The summed E-state index contributed by atoms with van der Waals surface area (Å²) in [6.07, 6.45) is 0. The predicted octanol–water partition coefficient (Wildman–Crippen LogP) is -0.302. The molecule has 0 atom stereocenters. The number of hydrogen-bond acceptors (Lipinski definition) is 4. The molecule has 6 nitrogen and oxygen atoms in total. The maximum atomic E-state index is 11.3. The highest BCUT2D eigenvalue weighted by Crippen LogP contribution is 2.11. The van der Waals surface area contributed by atoms with E-state index in [0.717, 1.165) is 0 Å². The first kappa shape index (κ1) is 8.18. The number of nitrogens with one attached hydrogen (secondary N) is 2. The minimum absolute atomic E-state index is 0.0428. The van der Waals surface area contributed by atoms with Crippen molar-refractivity contribution < 1.29 is 9.53 Å². The molecule has 1 saturated heterocycles. The smallest absolute Gasteiger partial charge is 0.248 e. The summed E-state index contributed by atoms with van der Waals surface area (Å²) in [4.78, 5) is 15.3. The number of carbonyl (C=O) groups is 1.